The summed E-state index contributed by atoms with van der Waals surface area (Å²) in [5.74, 6) is 0.751. The third-order valence-electron chi connectivity index (χ3n) is 6.65. The monoisotopic (exact) mass is 483 g/mol. The maximum absolute atomic E-state index is 6.22. The van der Waals surface area contributed by atoms with E-state index in [0.717, 1.165) is 54.6 Å². The Morgan fingerprint density at radius 1 is 0.971 bits per heavy atom. The van der Waals surface area contributed by atoms with Gasteiger partial charge in [-0.15, -0.1) is 0 Å². The predicted octanol–water partition coefficient (Wildman–Crippen LogP) is 5.95. The summed E-state index contributed by atoms with van der Waals surface area (Å²) >= 11 is 6.22. The molecule has 1 N–H and O–H groups in total. The number of benzene rings is 2. The van der Waals surface area contributed by atoms with Crippen molar-refractivity contribution in [3.05, 3.63) is 101 Å². The molecule has 0 spiro atoms. The Morgan fingerprint density at radius 2 is 1.74 bits per heavy atom. The molecule has 2 aromatic carbocycles. The van der Waals surface area contributed by atoms with E-state index in [2.05, 4.69) is 68.7 Å². The van der Waals surface area contributed by atoms with Crippen molar-refractivity contribution in [3.63, 3.8) is 0 Å². The number of rotatable bonds is 4. The van der Waals surface area contributed by atoms with Crippen molar-refractivity contribution in [1.29, 1.82) is 0 Å². The fraction of sp³-hybridized carbons (Fsp3) is 0.250. The molecule has 7 heteroatoms. The number of hydrogen-bond acceptors (Lipinski definition) is 6. The van der Waals surface area contributed by atoms with Gasteiger partial charge in [0, 0.05) is 53.6 Å². The lowest BCUT2D eigenvalue weighted by Crippen LogP contribution is -2.34. The van der Waals surface area contributed by atoms with Crippen molar-refractivity contribution < 1.29 is 4.74 Å². The number of nitrogens with one attached hydrogen (secondary N) is 1. The summed E-state index contributed by atoms with van der Waals surface area (Å²) in [7, 11) is 0. The molecule has 6 rings (SSSR count). The highest BCUT2D eigenvalue weighted by atomic mass is 35.5. The fourth-order valence-corrected chi connectivity index (χ4v) is 5.08. The standard InChI is InChI=1S/C28H26ClN5O/c29-21-6-8-23(9-7-21)34-26-5-2-1-4-19(26)16-20-17-24(33-28-30-12-3-13-31-28)25(18-27(20)34)32-22-10-14-35-15-11-22/h1-9,12-13,17-18,20,22H,10-11,14-16H2,(H,30,31,33). The minimum atomic E-state index is 0.181. The zero-order valence-corrected chi connectivity index (χ0v) is 20.0. The number of allylic oxidation sites excluding steroid dienone is 2. The summed E-state index contributed by atoms with van der Waals surface area (Å²) < 4.78 is 5.57. The first-order valence-corrected chi connectivity index (χ1v) is 12.4. The van der Waals surface area contributed by atoms with Crippen LogP contribution in [-0.4, -0.2) is 34.9 Å². The van der Waals surface area contributed by atoms with E-state index in [1.807, 2.05) is 18.2 Å². The van der Waals surface area contributed by atoms with Crippen molar-refractivity contribution in [1.82, 2.24) is 9.97 Å². The number of hydrogen-bond donors (Lipinski definition) is 1. The van der Waals surface area contributed by atoms with Crippen LogP contribution in [0.15, 0.2) is 95.5 Å². The van der Waals surface area contributed by atoms with Gasteiger partial charge in [-0.25, -0.2) is 9.97 Å². The van der Waals surface area contributed by atoms with Gasteiger partial charge >= 0.3 is 0 Å². The lowest BCUT2D eigenvalue weighted by atomic mass is 9.84. The van der Waals surface area contributed by atoms with Crippen LogP contribution in [-0.2, 0) is 11.2 Å². The van der Waals surface area contributed by atoms with Crippen LogP contribution in [0.3, 0.4) is 0 Å². The van der Waals surface area contributed by atoms with Gasteiger partial charge in [-0.2, -0.15) is 0 Å². The van der Waals surface area contributed by atoms with Crippen LogP contribution in [0.4, 0.5) is 17.3 Å². The highest BCUT2D eigenvalue weighted by Crippen LogP contribution is 2.44. The van der Waals surface area contributed by atoms with E-state index in [9.17, 15) is 0 Å². The van der Waals surface area contributed by atoms with Gasteiger partial charge < -0.3 is 15.0 Å². The summed E-state index contributed by atoms with van der Waals surface area (Å²) in [4.78, 5) is 16.3. The molecule has 1 fully saturated rings. The minimum Gasteiger partial charge on any atom is -0.381 e. The fourth-order valence-electron chi connectivity index (χ4n) is 4.95. The van der Waals surface area contributed by atoms with Gasteiger partial charge in [0.15, 0.2) is 0 Å². The molecule has 2 aliphatic heterocycles. The van der Waals surface area contributed by atoms with Crippen molar-refractivity contribution in [2.75, 3.05) is 23.4 Å². The van der Waals surface area contributed by atoms with Crippen LogP contribution in [0.5, 0.6) is 0 Å². The van der Waals surface area contributed by atoms with Gasteiger partial charge in [-0.1, -0.05) is 29.8 Å². The summed E-state index contributed by atoms with van der Waals surface area (Å²) in [6, 6.07) is 18.7. The van der Waals surface area contributed by atoms with Crippen LogP contribution in [0.1, 0.15) is 18.4 Å². The molecule has 6 nitrogen and oxygen atoms in total. The molecule has 0 saturated carbocycles. The molecular weight excluding hydrogens is 458 g/mol. The molecule has 3 aromatic rings. The topological polar surface area (TPSA) is 62.6 Å². The first-order valence-electron chi connectivity index (χ1n) is 12.0. The van der Waals surface area contributed by atoms with Gasteiger partial charge in [0.1, 0.15) is 0 Å². The number of ether oxygens (including phenoxy) is 1. The number of nitrogens with zero attached hydrogens (tertiary/aromatic N) is 4. The first-order chi connectivity index (χ1) is 17.2. The van der Waals surface area contributed by atoms with Crippen LogP contribution < -0.4 is 10.2 Å². The molecule has 0 amide bonds. The average Bonchev–Trinajstić information content (AvgIpc) is 2.90. The molecule has 1 unspecified atom stereocenters. The molecule has 1 atom stereocenters. The molecule has 35 heavy (non-hydrogen) atoms. The smallest absolute Gasteiger partial charge is 0.227 e. The SMILES string of the molecule is Clc1ccc(N2C3=CC(=NC4CCOCC4)C(Nc4ncccn4)=CC3Cc3ccccc32)cc1. The Hall–Kier alpha value is -3.48. The number of aliphatic imine (C=N–C) groups is 1. The van der Waals surface area contributed by atoms with E-state index >= 15 is 0 Å². The van der Waals surface area contributed by atoms with E-state index in [-0.39, 0.29) is 12.0 Å². The van der Waals surface area contributed by atoms with Gasteiger partial charge in [-0.05, 0) is 73.4 Å². The summed E-state index contributed by atoms with van der Waals surface area (Å²) in [5, 5.41) is 4.16. The lowest BCUT2D eigenvalue weighted by Gasteiger charge is -2.40. The van der Waals surface area contributed by atoms with E-state index < -0.39 is 0 Å². The van der Waals surface area contributed by atoms with Crippen molar-refractivity contribution in [3.8, 4) is 0 Å². The zero-order valence-electron chi connectivity index (χ0n) is 19.3. The van der Waals surface area contributed by atoms with Gasteiger partial charge in [0.05, 0.1) is 17.5 Å². The molecule has 1 saturated heterocycles. The number of aromatic nitrogens is 2. The molecule has 3 heterocycles. The van der Waals surface area contributed by atoms with E-state index in [4.69, 9.17) is 21.3 Å². The molecule has 0 bridgehead atoms. The molecular formula is C28H26ClN5O. The Bertz CT molecular complexity index is 1300. The van der Waals surface area contributed by atoms with Crippen LogP contribution in [0.25, 0.3) is 0 Å². The average molecular weight is 484 g/mol. The normalized spacial score (nSPS) is 21.1. The Morgan fingerprint density at radius 3 is 2.54 bits per heavy atom. The largest absolute Gasteiger partial charge is 0.381 e. The third-order valence-corrected chi connectivity index (χ3v) is 6.90. The van der Waals surface area contributed by atoms with E-state index in [1.54, 1.807) is 12.4 Å². The van der Waals surface area contributed by atoms with Crippen molar-refractivity contribution in [2.24, 2.45) is 10.9 Å². The summed E-state index contributed by atoms with van der Waals surface area (Å²) in [5.41, 5.74) is 6.66. The van der Waals surface area contributed by atoms with E-state index in [1.165, 1.54) is 16.9 Å². The van der Waals surface area contributed by atoms with Crippen molar-refractivity contribution in [2.45, 2.75) is 25.3 Å². The number of fused-ring (bicyclic) bond motifs is 2. The second-order valence-electron chi connectivity index (χ2n) is 8.96. The number of anilines is 3. The molecule has 0 radical (unpaired) electrons. The van der Waals surface area contributed by atoms with Crippen LogP contribution in [0, 0.1) is 5.92 Å². The quantitative estimate of drug-likeness (QED) is 0.496. The second-order valence-corrected chi connectivity index (χ2v) is 9.39. The second kappa shape index (κ2) is 9.64. The Balaban J connectivity index is 1.46. The zero-order chi connectivity index (χ0) is 23.6. The first kappa shape index (κ1) is 22.0. The molecule has 176 valence electrons. The Labute approximate surface area is 210 Å². The van der Waals surface area contributed by atoms with Crippen LogP contribution >= 0.6 is 11.6 Å². The van der Waals surface area contributed by atoms with Gasteiger partial charge in [-0.3, -0.25) is 4.99 Å². The van der Waals surface area contributed by atoms with Crippen molar-refractivity contribution >= 4 is 34.6 Å². The summed E-state index contributed by atoms with van der Waals surface area (Å²) in [6.45, 7) is 1.50. The number of para-hydroxylation sites is 1. The molecule has 1 aliphatic carbocycles. The Kier molecular flexibility index (Phi) is 6.06. The highest BCUT2D eigenvalue weighted by molar-refractivity contribution is 6.30. The predicted molar refractivity (Wildman–Crippen MR) is 140 cm³/mol. The lowest BCUT2D eigenvalue weighted by molar-refractivity contribution is 0.0871. The minimum absolute atomic E-state index is 0.181. The van der Waals surface area contributed by atoms with E-state index in [0.29, 0.717) is 5.95 Å². The van der Waals surface area contributed by atoms with Crippen LogP contribution in [0.2, 0.25) is 5.02 Å². The number of halogens is 1. The summed E-state index contributed by atoms with van der Waals surface area (Å²) in [6.07, 6.45) is 10.8. The maximum Gasteiger partial charge on any atom is 0.227 e. The maximum atomic E-state index is 6.22. The van der Waals surface area contributed by atoms with Gasteiger partial charge in [0.2, 0.25) is 5.95 Å². The molecule has 1 aromatic heterocycles. The third kappa shape index (κ3) is 4.59. The molecule has 3 aliphatic rings. The highest BCUT2D eigenvalue weighted by Gasteiger charge is 2.33. The van der Waals surface area contributed by atoms with Gasteiger partial charge in [0.25, 0.3) is 0 Å².